The Balaban J connectivity index is 2.91. The number of fused-ring (bicyclic) bond motifs is 1. The predicted octanol–water partition coefficient (Wildman–Crippen LogP) is 3.71. The van der Waals surface area contributed by atoms with Crippen molar-refractivity contribution in [3.8, 4) is 0 Å². The lowest BCUT2D eigenvalue weighted by Gasteiger charge is -2.11. The van der Waals surface area contributed by atoms with Crippen LogP contribution >= 0.6 is 15.9 Å². The highest BCUT2D eigenvalue weighted by atomic mass is 79.9. The Labute approximate surface area is 107 Å². The SMILES string of the molecule is O=C(O)c1cccc2c(C(F)(F)F)cc(Br)nc12. The fourth-order valence-electron chi connectivity index (χ4n) is 1.62. The highest BCUT2D eigenvalue weighted by molar-refractivity contribution is 9.10. The monoisotopic (exact) mass is 319 g/mol. The van der Waals surface area contributed by atoms with E-state index in [1.807, 2.05) is 0 Å². The number of alkyl halides is 3. The summed E-state index contributed by atoms with van der Waals surface area (Å²) in [4.78, 5) is 14.8. The Kier molecular flexibility index (Phi) is 3.02. The zero-order valence-electron chi connectivity index (χ0n) is 8.62. The van der Waals surface area contributed by atoms with Crippen LogP contribution in [0.25, 0.3) is 10.9 Å². The summed E-state index contributed by atoms with van der Waals surface area (Å²) in [7, 11) is 0. The van der Waals surface area contributed by atoms with Crippen molar-refractivity contribution in [3.63, 3.8) is 0 Å². The molecule has 3 nitrogen and oxygen atoms in total. The largest absolute Gasteiger partial charge is 0.478 e. The lowest BCUT2D eigenvalue weighted by molar-refractivity contribution is -0.136. The third-order valence-corrected chi connectivity index (χ3v) is 2.75. The van der Waals surface area contributed by atoms with Crippen LogP contribution in [0.4, 0.5) is 13.2 Å². The van der Waals surface area contributed by atoms with E-state index in [2.05, 4.69) is 20.9 Å². The highest BCUT2D eigenvalue weighted by Crippen LogP contribution is 2.36. The maximum absolute atomic E-state index is 12.8. The number of nitrogens with zero attached hydrogens (tertiary/aromatic N) is 1. The minimum atomic E-state index is -4.57. The molecule has 94 valence electrons. The Bertz CT molecular complexity index is 640. The Morgan fingerprint density at radius 1 is 1.33 bits per heavy atom. The molecule has 0 saturated carbocycles. The molecule has 0 fully saturated rings. The molecule has 0 aliphatic carbocycles. The van der Waals surface area contributed by atoms with Gasteiger partial charge in [-0.05, 0) is 28.1 Å². The summed E-state index contributed by atoms with van der Waals surface area (Å²) in [6, 6.07) is 4.50. The molecule has 0 atom stereocenters. The van der Waals surface area contributed by atoms with Crippen LogP contribution in [0.2, 0.25) is 0 Å². The molecule has 0 bridgehead atoms. The normalized spacial score (nSPS) is 11.8. The van der Waals surface area contributed by atoms with Gasteiger partial charge in [0.1, 0.15) is 4.60 Å². The van der Waals surface area contributed by atoms with E-state index in [4.69, 9.17) is 5.11 Å². The molecule has 18 heavy (non-hydrogen) atoms. The van der Waals surface area contributed by atoms with Gasteiger partial charge in [-0.3, -0.25) is 0 Å². The first-order valence-electron chi connectivity index (χ1n) is 4.70. The second-order valence-electron chi connectivity index (χ2n) is 3.50. The number of carbonyl (C=O) groups is 1. The van der Waals surface area contributed by atoms with Crippen molar-refractivity contribution >= 4 is 32.8 Å². The molecule has 0 spiro atoms. The van der Waals surface area contributed by atoms with Gasteiger partial charge in [-0.25, -0.2) is 9.78 Å². The van der Waals surface area contributed by atoms with E-state index < -0.39 is 17.7 Å². The molecule has 0 aliphatic heterocycles. The lowest BCUT2D eigenvalue weighted by Crippen LogP contribution is -2.08. The van der Waals surface area contributed by atoms with E-state index >= 15 is 0 Å². The standard InChI is InChI=1S/C11H5BrF3NO2/c12-8-4-7(11(13,14)15)5-2-1-3-6(10(17)18)9(5)16-8/h1-4H,(H,17,18). The van der Waals surface area contributed by atoms with Crippen LogP contribution < -0.4 is 0 Å². The molecule has 1 heterocycles. The van der Waals surface area contributed by atoms with Crippen LogP contribution in [0.5, 0.6) is 0 Å². The van der Waals surface area contributed by atoms with Crippen LogP contribution in [0, 0.1) is 0 Å². The molecule has 1 aromatic heterocycles. The maximum atomic E-state index is 12.8. The smallest absolute Gasteiger partial charge is 0.417 e. The fourth-order valence-corrected chi connectivity index (χ4v) is 2.03. The van der Waals surface area contributed by atoms with Crippen LogP contribution in [0.3, 0.4) is 0 Å². The molecule has 7 heteroatoms. The van der Waals surface area contributed by atoms with Crippen molar-refractivity contribution in [1.29, 1.82) is 0 Å². The lowest BCUT2D eigenvalue weighted by atomic mass is 10.0. The molecular weight excluding hydrogens is 315 g/mol. The van der Waals surface area contributed by atoms with Gasteiger partial charge in [0.15, 0.2) is 0 Å². The number of hydrogen-bond donors (Lipinski definition) is 1. The summed E-state index contributed by atoms with van der Waals surface area (Å²) in [6.07, 6.45) is -4.57. The van der Waals surface area contributed by atoms with Gasteiger partial charge >= 0.3 is 12.1 Å². The Morgan fingerprint density at radius 2 is 2.00 bits per heavy atom. The number of halogens is 4. The maximum Gasteiger partial charge on any atom is 0.417 e. The van der Waals surface area contributed by atoms with E-state index in [-0.39, 0.29) is 21.1 Å². The van der Waals surface area contributed by atoms with Gasteiger partial charge in [-0.1, -0.05) is 12.1 Å². The summed E-state index contributed by atoms with van der Waals surface area (Å²) in [5.74, 6) is -1.32. The summed E-state index contributed by atoms with van der Waals surface area (Å²) in [5, 5.41) is 8.70. The number of benzene rings is 1. The first-order chi connectivity index (χ1) is 8.30. The van der Waals surface area contributed by atoms with Crippen molar-refractivity contribution in [2.24, 2.45) is 0 Å². The summed E-state index contributed by atoms with van der Waals surface area (Å²) in [6.45, 7) is 0. The number of aromatic carboxylic acids is 1. The summed E-state index contributed by atoms with van der Waals surface area (Å²) >= 11 is 2.85. The molecule has 0 unspecified atom stereocenters. The number of para-hydroxylation sites is 1. The third kappa shape index (κ3) is 2.17. The Morgan fingerprint density at radius 3 is 2.56 bits per heavy atom. The van der Waals surface area contributed by atoms with Crippen LogP contribution in [-0.4, -0.2) is 16.1 Å². The van der Waals surface area contributed by atoms with Crippen molar-refractivity contribution in [2.75, 3.05) is 0 Å². The van der Waals surface area contributed by atoms with Gasteiger partial charge in [0.25, 0.3) is 0 Å². The van der Waals surface area contributed by atoms with Gasteiger partial charge in [0.2, 0.25) is 0 Å². The molecule has 1 aromatic carbocycles. The minimum absolute atomic E-state index is 0.0592. The first kappa shape index (κ1) is 12.8. The molecular formula is C11H5BrF3NO2. The molecule has 0 saturated heterocycles. The van der Waals surface area contributed by atoms with Gasteiger partial charge in [-0.15, -0.1) is 0 Å². The van der Waals surface area contributed by atoms with Crippen LogP contribution in [-0.2, 0) is 6.18 Å². The molecule has 0 radical (unpaired) electrons. The predicted molar refractivity (Wildman–Crippen MR) is 61.4 cm³/mol. The van der Waals surface area contributed by atoms with E-state index in [9.17, 15) is 18.0 Å². The van der Waals surface area contributed by atoms with E-state index in [1.165, 1.54) is 18.2 Å². The van der Waals surface area contributed by atoms with Gasteiger partial charge in [-0.2, -0.15) is 13.2 Å². The average Bonchev–Trinajstić information content (AvgIpc) is 2.25. The van der Waals surface area contributed by atoms with E-state index in [0.29, 0.717) is 0 Å². The molecule has 2 rings (SSSR count). The van der Waals surface area contributed by atoms with Crippen LogP contribution in [0.1, 0.15) is 15.9 Å². The van der Waals surface area contributed by atoms with Crippen molar-refractivity contribution in [3.05, 3.63) is 40.0 Å². The van der Waals surface area contributed by atoms with Gasteiger partial charge in [0.05, 0.1) is 16.6 Å². The van der Waals surface area contributed by atoms with Crippen molar-refractivity contribution in [1.82, 2.24) is 4.98 Å². The average molecular weight is 320 g/mol. The first-order valence-corrected chi connectivity index (χ1v) is 5.50. The number of rotatable bonds is 1. The van der Waals surface area contributed by atoms with E-state index in [1.54, 1.807) is 0 Å². The number of pyridine rings is 1. The second kappa shape index (κ2) is 4.24. The zero-order chi connectivity index (χ0) is 13.5. The van der Waals surface area contributed by atoms with Crippen molar-refractivity contribution in [2.45, 2.75) is 6.18 Å². The van der Waals surface area contributed by atoms with E-state index in [0.717, 1.165) is 6.07 Å². The fraction of sp³-hybridized carbons (Fsp3) is 0.0909. The number of aromatic nitrogens is 1. The molecule has 0 aliphatic rings. The van der Waals surface area contributed by atoms with Crippen LogP contribution in [0.15, 0.2) is 28.9 Å². The number of carboxylic acids is 1. The number of carboxylic acid groups (broad SMARTS) is 1. The summed E-state index contributed by atoms with van der Waals surface area (Å²) in [5.41, 5.74) is -1.37. The molecule has 0 amide bonds. The van der Waals surface area contributed by atoms with Gasteiger partial charge in [0, 0.05) is 5.39 Å². The molecule has 2 aromatic rings. The second-order valence-corrected chi connectivity index (χ2v) is 4.31. The number of hydrogen-bond acceptors (Lipinski definition) is 2. The van der Waals surface area contributed by atoms with Gasteiger partial charge < -0.3 is 5.11 Å². The molecule has 1 N–H and O–H groups in total. The van der Waals surface area contributed by atoms with Crippen molar-refractivity contribution < 1.29 is 23.1 Å². The Hall–Kier alpha value is -1.63. The quantitative estimate of drug-likeness (QED) is 0.815. The third-order valence-electron chi connectivity index (χ3n) is 2.34. The highest BCUT2D eigenvalue weighted by Gasteiger charge is 2.33. The minimum Gasteiger partial charge on any atom is -0.478 e. The topological polar surface area (TPSA) is 50.2 Å². The zero-order valence-corrected chi connectivity index (χ0v) is 10.2. The summed E-state index contributed by atoms with van der Waals surface area (Å²) < 4.78 is 38.4.